The summed E-state index contributed by atoms with van der Waals surface area (Å²) in [6, 6.07) is -0.423. The van der Waals surface area contributed by atoms with Gasteiger partial charge < -0.3 is 15.1 Å². The lowest BCUT2D eigenvalue weighted by Crippen LogP contribution is -2.48. The Kier molecular flexibility index (Phi) is 10.9. The molecule has 2 heterocycles. The van der Waals surface area contributed by atoms with E-state index in [2.05, 4.69) is 16.8 Å². The molecular formula is C26H43N3O5S. The molecule has 35 heavy (non-hydrogen) atoms. The number of aliphatic hydroxyl groups is 1. The number of aromatic nitrogens is 1. The predicted molar refractivity (Wildman–Crippen MR) is 137 cm³/mol. The SMILES string of the molecule is CC[C@H](C)[C@H](CC(=O)[C@H]1C[C@H](C)CCN1C)C(=O)N(C)[C@H](C[C@@H](O)c1nc(C(=O)O)cs1)C(C)C. The molecule has 0 bridgehead atoms. The van der Waals surface area contributed by atoms with Crippen LogP contribution in [0.2, 0.25) is 0 Å². The molecule has 1 saturated heterocycles. The smallest absolute Gasteiger partial charge is 0.355 e. The number of thiazole rings is 1. The third-order valence-electron chi connectivity index (χ3n) is 7.68. The molecule has 0 radical (unpaired) electrons. The van der Waals surface area contributed by atoms with Gasteiger partial charge in [0.25, 0.3) is 0 Å². The Labute approximate surface area is 213 Å². The van der Waals surface area contributed by atoms with Crippen LogP contribution in [0.3, 0.4) is 0 Å². The summed E-state index contributed by atoms with van der Waals surface area (Å²) in [7, 11) is 3.74. The third kappa shape index (κ3) is 7.57. The standard InChI is InChI=1S/C26H43N3O5S/c1-8-17(5)18(12-22(30)21-11-16(4)9-10-28(21)6)25(32)29(7)20(15(2)3)13-23(31)24-27-19(14-35-24)26(33)34/h14-18,20-21,23,31H,8-13H2,1-7H3,(H,33,34)/t16-,17+,18+,20-,21-,23-/m1/s1. The van der Waals surface area contributed by atoms with E-state index >= 15 is 0 Å². The van der Waals surface area contributed by atoms with E-state index in [1.165, 1.54) is 5.38 Å². The highest BCUT2D eigenvalue weighted by atomic mass is 32.1. The zero-order valence-electron chi connectivity index (χ0n) is 22.2. The first kappa shape index (κ1) is 29.4. The molecule has 1 aliphatic heterocycles. The summed E-state index contributed by atoms with van der Waals surface area (Å²) in [5.41, 5.74) is -0.0908. The van der Waals surface area contributed by atoms with Gasteiger partial charge in [-0.2, -0.15) is 0 Å². The molecule has 9 heteroatoms. The molecule has 0 aromatic carbocycles. The van der Waals surface area contributed by atoms with E-state index in [-0.39, 0.29) is 54.1 Å². The second kappa shape index (κ2) is 12.9. The molecule has 2 N–H and O–H groups in total. The minimum Gasteiger partial charge on any atom is -0.476 e. The highest BCUT2D eigenvalue weighted by Gasteiger charge is 2.37. The Morgan fingerprint density at radius 3 is 2.49 bits per heavy atom. The number of piperidine rings is 1. The zero-order valence-corrected chi connectivity index (χ0v) is 23.0. The van der Waals surface area contributed by atoms with Crippen LogP contribution in [0, 0.1) is 23.7 Å². The van der Waals surface area contributed by atoms with Gasteiger partial charge in [0.2, 0.25) is 5.91 Å². The number of ketones is 1. The first-order valence-corrected chi connectivity index (χ1v) is 13.6. The Hall–Kier alpha value is -1.84. The second-order valence-corrected chi connectivity index (χ2v) is 11.6. The number of carbonyl (C=O) groups excluding carboxylic acids is 2. The summed E-state index contributed by atoms with van der Waals surface area (Å²) in [5.74, 6) is -0.885. The lowest BCUT2D eigenvalue weighted by molar-refractivity contribution is -0.143. The predicted octanol–water partition coefficient (Wildman–Crippen LogP) is 4.10. The molecule has 1 fully saturated rings. The number of amides is 1. The van der Waals surface area contributed by atoms with Crippen molar-refractivity contribution < 1.29 is 24.6 Å². The van der Waals surface area contributed by atoms with Crippen molar-refractivity contribution >= 4 is 29.0 Å². The van der Waals surface area contributed by atoms with Gasteiger partial charge in [0.05, 0.1) is 6.04 Å². The summed E-state index contributed by atoms with van der Waals surface area (Å²) in [6.45, 7) is 11.1. The Balaban J connectivity index is 2.18. The van der Waals surface area contributed by atoms with Crippen molar-refractivity contribution in [3.8, 4) is 0 Å². The molecule has 1 aromatic heterocycles. The number of carboxylic acids is 1. The summed E-state index contributed by atoms with van der Waals surface area (Å²) < 4.78 is 0. The minimum atomic E-state index is -1.13. The number of aromatic carboxylic acids is 1. The number of carbonyl (C=O) groups is 3. The van der Waals surface area contributed by atoms with Gasteiger partial charge in [-0.25, -0.2) is 9.78 Å². The van der Waals surface area contributed by atoms with Crippen LogP contribution in [0.25, 0.3) is 0 Å². The van der Waals surface area contributed by atoms with Gasteiger partial charge in [-0.1, -0.05) is 41.0 Å². The highest BCUT2D eigenvalue weighted by molar-refractivity contribution is 7.09. The molecule has 2 rings (SSSR count). The molecule has 0 saturated carbocycles. The molecular weight excluding hydrogens is 466 g/mol. The van der Waals surface area contributed by atoms with Crippen LogP contribution in [0.5, 0.6) is 0 Å². The molecule has 1 aliphatic rings. The fourth-order valence-corrected chi connectivity index (χ4v) is 5.77. The molecule has 1 aromatic rings. The van der Waals surface area contributed by atoms with Crippen molar-refractivity contribution in [2.45, 2.75) is 84.9 Å². The molecule has 1 amide bonds. The van der Waals surface area contributed by atoms with Crippen LogP contribution >= 0.6 is 11.3 Å². The van der Waals surface area contributed by atoms with E-state index in [4.69, 9.17) is 5.11 Å². The van der Waals surface area contributed by atoms with Gasteiger partial charge >= 0.3 is 5.97 Å². The number of hydrogen-bond acceptors (Lipinski definition) is 7. The van der Waals surface area contributed by atoms with E-state index in [9.17, 15) is 19.5 Å². The number of likely N-dealkylation sites (tertiary alicyclic amines) is 1. The van der Waals surface area contributed by atoms with Crippen LogP contribution in [-0.2, 0) is 9.59 Å². The molecule has 0 aliphatic carbocycles. The summed E-state index contributed by atoms with van der Waals surface area (Å²) >= 11 is 1.10. The number of nitrogens with zero attached hydrogens (tertiary/aromatic N) is 3. The van der Waals surface area contributed by atoms with Crippen LogP contribution in [0.4, 0.5) is 0 Å². The fourth-order valence-electron chi connectivity index (χ4n) is 4.98. The van der Waals surface area contributed by atoms with E-state index in [1.54, 1.807) is 11.9 Å². The van der Waals surface area contributed by atoms with E-state index in [1.807, 2.05) is 34.7 Å². The van der Waals surface area contributed by atoms with E-state index in [0.29, 0.717) is 10.9 Å². The molecule has 6 atom stereocenters. The molecule has 0 unspecified atom stereocenters. The largest absolute Gasteiger partial charge is 0.476 e. The Morgan fingerprint density at radius 1 is 1.29 bits per heavy atom. The van der Waals surface area contributed by atoms with Crippen molar-refractivity contribution in [3.05, 3.63) is 16.1 Å². The van der Waals surface area contributed by atoms with Crippen LogP contribution in [0.15, 0.2) is 5.38 Å². The van der Waals surface area contributed by atoms with Crippen molar-refractivity contribution in [2.24, 2.45) is 23.7 Å². The van der Waals surface area contributed by atoms with Crippen molar-refractivity contribution in [3.63, 3.8) is 0 Å². The Morgan fingerprint density at radius 2 is 1.94 bits per heavy atom. The zero-order chi connectivity index (χ0) is 26.4. The number of aliphatic hydroxyl groups excluding tert-OH is 1. The topological polar surface area (TPSA) is 111 Å². The van der Waals surface area contributed by atoms with E-state index in [0.717, 1.165) is 37.1 Å². The quantitative estimate of drug-likeness (QED) is 0.436. The Bertz CT molecular complexity index is 873. The van der Waals surface area contributed by atoms with Gasteiger partial charge in [0.1, 0.15) is 11.1 Å². The molecule has 198 valence electrons. The number of carboxylic acid groups (broad SMARTS) is 1. The maximum absolute atomic E-state index is 13.8. The highest BCUT2D eigenvalue weighted by Crippen LogP contribution is 2.31. The van der Waals surface area contributed by atoms with Crippen molar-refractivity contribution in [1.82, 2.24) is 14.8 Å². The number of likely N-dealkylation sites (N-methyl/N-ethyl adjacent to an activating group) is 1. The normalized spacial score (nSPS) is 22.4. The minimum absolute atomic E-state index is 0.0510. The second-order valence-electron chi connectivity index (χ2n) is 10.7. The molecule has 8 nitrogen and oxygen atoms in total. The van der Waals surface area contributed by atoms with Crippen LogP contribution < -0.4 is 0 Å². The average molecular weight is 510 g/mol. The lowest BCUT2D eigenvalue weighted by Gasteiger charge is -2.38. The third-order valence-corrected chi connectivity index (χ3v) is 8.62. The fraction of sp³-hybridized carbons (Fsp3) is 0.769. The van der Waals surface area contributed by atoms with Crippen molar-refractivity contribution in [2.75, 3.05) is 20.6 Å². The van der Waals surface area contributed by atoms with Gasteiger partial charge in [0, 0.05) is 37.2 Å². The van der Waals surface area contributed by atoms with Crippen molar-refractivity contribution in [1.29, 1.82) is 0 Å². The average Bonchev–Trinajstić information content (AvgIpc) is 3.31. The number of rotatable bonds is 12. The molecule has 0 spiro atoms. The summed E-state index contributed by atoms with van der Waals surface area (Å²) in [6.07, 6.45) is 2.21. The lowest BCUT2D eigenvalue weighted by atomic mass is 9.81. The monoisotopic (exact) mass is 509 g/mol. The van der Waals surface area contributed by atoms with Crippen LogP contribution in [-0.4, -0.2) is 75.4 Å². The van der Waals surface area contributed by atoms with Gasteiger partial charge in [-0.3, -0.25) is 14.5 Å². The number of Topliss-reactive ketones (excluding diaryl/α,β-unsaturated/α-hetero) is 1. The van der Waals surface area contributed by atoms with Crippen LogP contribution in [0.1, 0.15) is 88.3 Å². The van der Waals surface area contributed by atoms with E-state index < -0.39 is 18.0 Å². The van der Waals surface area contributed by atoms with Gasteiger partial charge in [0.15, 0.2) is 11.5 Å². The number of hydrogen-bond donors (Lipinski definition) is 2. The van der Waals surface area contributed by atoms with Gasteiger partial charge in [-0.15, -0.1) is 11.3 Å². The first-order chi connectivity index (χ1) is 16.4. The van der Waals surface area contributed by atoms with Gasteiger partial charge in [-0.05, 0) is 44.2 Å². The first-order valence-electron chi connectivity index (χ1n) is 12.7. The maximum Gasteiger partial charge on any atom is 0.355 e. The summed E-state index contributed by atoms with van der Waals surface area (Å²) in [5, 5.41) is 21.7. The maximum atomic E-state index is 13.8. The summed E-state index contributed by atoms with van der Waals surface area (Å²) in [4.78, 5) is 46.1.